The molecule has 0 spiro atoms. The van der Waals surface area contributed by atoms with Crippen LogP contribution in [0.5, 0.6) is 11.5 Å². The molecule has 2 aliphatic rings. The first-order valence-electron chi connectivity index (χ1n) is 8.74. The highest BCUT2D eigenvalue weighted by atomic mass is 16.7. The molecule has 136 valence electrons. The van der Waals surface area contributed by atoms with Crippen molar-refractivity contribution in [3.8, 4) is 11.5 Å². The molecule has 4 rings (SSSR count). The van der Waals surface area contributed by atoms with Crippen molar-refractivity contribution < 1.29 is 14.4 Å². The molecule has 7 heteroatoms. The first-order chi connectivity index (χ1) is 12.7. The van der Waals surface area contributed by atoms with Crippen molar-refractivity contribution in [1.82, 2.24) is 9.80 Å². The number of nitro benzene ring substituents is 1. The molecule has 26 heavy (non-hydrogen) atoms. The number of ether oxygens (including phenoxy) is 2. The zero-order chi connectivity index (χ0) is 17.9. The van der Waals surface area contributed by atoms with Crippen LogP contribution in [0.2, 0.25) is 0 Å². The summed E-state index contributed by atoms with van der Waals surface area (Å²) in [5.41, 5.74) is 2.37. The quantitative estimate of drug-likeness (QED) is 0.607. The molecule has 0 bridgehead atoms. The smallest absolute Gasteiger partial charge is 0.269 e. The van der Waals surface area contributed by atoms with Gasteiger partial charge < -0.3 is 9.47 Å². The van der Waals surface area contributed by atoms with Crippen molar-refractivity contribution in [3.05, 3.63) is 63.7 Å². The van der Waals surface area contributed by atoms with E-state index in [1.165, 1.54) is 11.6 Å². The average molecular weight is 355 g/mol. The highest BCUT2D eigenvalue weighted by Gasteiger charge is 2.19. The van der Waals surface area contributed by atoms with Crippen LogP contribution in [-0.4, -0.2) is 47.7 Å². The maximum absolute atomic E-state index is 10.9. The number of non-ortho nitro benzene ring substituents is 1. The number of fused-ring (bicyclic) bond motifs is 1. The van der Waals surface area contributed by atoms with Gasteiger partial charge in [-0.15, -0.1) is 0 Å². The minimum Gasteiger partial charge on any atom is -0.454 e. The molecule has 0 saturated carbocycles. The molecule has 1 saturated heterocycles. The van der Waals surface area contributed by atoms with Crippen LogP contribution in [0.3, 0.4) is 0 Å². The Morgan fingerprint density at radius 1 is 0.885 bits per heavy atom. The molecule has 7 nitrogen and oxygen atoms in total. The Kier molecular flexibility index (Phi) is 4.73. The number of piperazine rings is 1. The van der Waals surface area contributed by atoms with Crippen molar-refractivity contribution in [3.63, 3.8) is 0 Å². The van der Waals surface area contributed by atoms with Gasteiger partial charge in [-0.25, -0.2) is 0 Å². The summed E-state index contributed by atoms with van der Waals surface area (Å²) >= 11 is 0. The Morgan fingerprint density at radius 3 is 2.23 bits per heavy atom. The van der Waals surface area contributed by atoms with Crippen molar-refractivity contribution in [1.29, 1.82) is 0 Å². The molecule has 0 N–H and O–H groups in total. The summed E-state index contributed by atoms with van der Waals surface area (Å²) in [6.07, 6.45) is 0. The number of rotatable bonds is 5. The van der Waals surface area contributed by atoms with E-state index in [1.54, 1.807) is 12.1 Å². The van der Waals surface area contributed by atoms with E-state index in [2.05, 4.69) is 21.9 Å². The summed E-state index contributed by atoms with van der Waals surface area (Å²) in [4.78, 5) is 15.3. The zero-order valence-electron chi connectivity index (χ0n) is 14.5. The van der Waals surface area contributed by atoms with Crippen molar-refractivity contribution in [2.24, 2.45) is 0 Å². The Bertz CT molecular complexity index is 803. The van der Waals surface area contributed by atoms with Gasteiger partial charge in [-0.2, -0.15) is 0 Å². The van der Waals surface area contributed by atoms with Gasteiger partial charge in [-0.1, -0.05) is 18.2 Å². The summed E-state index contributed by atoms with van der Waals surface area (Å²) in [5.74, 6) is 1.64. The zero-order valence-corrected chi connectivity index (χ0v) is 14.5. The van der Waals surface area contributed by atoms with Crippen LogP contribution in [0.25, 0.3) is 0 Å². The largest absolute Gasteiger partial charge is 0.454 e. The maximum Gasteiger partial charge on any atom is 0.269 e. The number of benzene rings is 2. The van der Waals surface area contributed by atoms with E-state index in [-0.39, 0.29) is 10.6 Å². The average Bonchev–Trinajstić information content (AvgIpc) is 3.11. The topological polar surface area (TPSA) is 68.1 Å². The third kappa shape index (κ3) is 3.79. The van der Waals surface area contributed by atoms with Crippen LogP contribution in [0.4, 0.5) is 5.69 Å². The van der Waals surface area contributed by atoms with Gasteiger partial charge in [0.2, 0.25) is 6.79 Å². The normalized spacial score (nSPS) is 17.4. The Labute approximate surface area is 151 Å². The van der Waals surface area contributed by atoms with E-state index in [9.17, 15) is 10.1 Å². The van der Waals surface area contributed by atoms with Crippen LogP contribution in [0.15, 0.2) is 42.5 Å². The lowest BCUT2D eigenvalue weighted by Gasteiger charge is -2.34. The molecule has 0 aliphatic carbocycles. The van der Waals surface area contributed by atoms with Crippen molar-refractivity contribution in [2.45, 2.75) is 13.1 Å². The van der Waals surface area contributed by atoms with Crippen LogP contribution < -0.4 is 9.47 Å². The van der Waals surface area contributed by atoms with E-state index in [4.69, 9.17) is 9.47 Å². The Balaban J connectivity index is 1.30. The van der Waals surface area contributed by atoms with Crippen molar-refractivity contribution >= 4 is 5.69 Å². The second-order valence-corrected chi connectivity index (χ2v) is 6.67. The minimum absolute atomic E-state index is 0.156. The first-order valence-corrected chi connectivity index (χ1v) is 8.74. The Morgan fingerprint density at radius 2 is 1.54 bits per heavy atom. The van der Waals surface area contributed by atoms with Gasteiger partial charge in [0.25, 0.3) is 5.69 Å². The molecule has 2 aliphatic heterocycles. The molecule has 0 atom stereocenters. The second kappa shape index (κ2) is 7.31. The van der Waals surface area contributed by atoms with E-state index in [1.807, 2.05) is 12.1 Å². The lowest BCUT2D eigenvalue weighted by atomic mass is 10.1. The second-order valence-electron chi connectivity index (χ2n) is 6.67. The Hall–Kier alpha value is -2.64. The number of nitrogens with zero attached hydrogens (tertiary/aromatic N) is 3. The van der Waals surface area contributed by atoms with Gasteiger partial charge in [0.05, 0.1) is 4.92 Å². The molecular formula is C19H21N3O4. The number of hydrogen-bond donors (Lipinski definition) is 0. The van der Waals surface area contributed by atoms with Gasteiger partial charge in [0.15, 0.2) is 11.5 Å². The summed E-state index contributed by atoms with van der Waals surface area (Å²) < 4.78 is 10.8. The molecule has 1 fully saturated rings. The molecule has 0 radical (unpaired) electrons. The lowest BCUT2D eigenvalue weighted by Crippen LogP contribution is -2.45. The van der Waals surface area contributed by atoms with Gasteiger partial charge in [-0.05, 0) is 23.3 Å². The molecule has 0 amide bonds. The summed E-state index contributed by atoms with van der Waals surface area (Å²) in [6, 6.07) is 13.0. The fourth-order valence-electron chi connectivity index (χ4n) is 3.43. The van der Waals surface area contributed by atoms with Gasteiger partial charge in [0.1, 0.15) is 0 Å². The third-order valence-corrected chi connectivity index (χ3v) is 4.84. The van der Waals surface area contributed by atoms with E-state index in [0.29, 0.717) is 6.79 Å². The number of nitro groups is 1. The monoisotopic (exact) mass is 355 g/mol. The van der Waals surface area contributed by atoms with Gasteiger partial charge in [-0.3, -0.25) is 19.9 Å². The maximum atomic E-state index is 10.9. The first kappa shape index (κ1) is 16.8. The van der Waals surface area contributed by atoms with E-state index in [0.717, 1.165) is 56.3 Å². The molecule has 2 aromatic carbocycles. The fraction of sp³-hybridized carbons (Fsp3) is 0.368. The standard InChI is InChI=1S/C19H21N3O4/c23-22(24)17-3-1-2-15(10-17)12-20-6-8-21(9-7-20)13-16-4-5-18-19(11-16)26-14-25-18/h1-5,10-11H,6-9,12-14H2. The molecule has 0 unspecified atom stereocenters. The summed E-state index contributed by atoms with van der Waals surface area (Å²) in [7, 11) is 0. The van der Waals surface area contributed by atoms with Crippen molar-refractivity contribution in [2.75, 3.05) is 33.0 Å². The fourth-order valence-corrected chi connectivity index (χ4v) is 3.43. The predicted octanol–water partition coefficient (Wildman–Crippen LogP) is 2.64. The van der Waals surface area contributed by atoms with Crippen LogP contribution in [0.1, 0.15) is 11.1 Å². The van der Waals surface area contributed by atoms with Gasteiger partial charge in [0, 0.05) is 51.4 Å². The van der Waals surface area contributed by atoms with Gasteiger partial charge >= 0.3 is 0 Å². The molecule has 0 aromatic heterocycles. The summed E-state index contributed by atoms with van der Waals surface area (Å²) in [6.45, 7) is 5.79. The minimum atomic E-state index is -0.340. The SMILES string of the molecule is O=[N+]([O-])c1cccc(CN2CCN(Cc3ccc4c(c3)OCO4)CC2)c1. The number of hydrogen-bond acceptors (Lipinski definition) is 6. The molecule has 2 heterocycles. The van der Waals surface area contributed by atoms with E-state index < -0.39 is 0 Å². The highest BCUT2D eigenvalue weighted by molar-refractivity contribution is 5.44. The predicted molar refractivity (Wildman–Crippen MR) is 96.2 cm³/mol. The lowest BCUT2D eigenvalue weighted by molar-refractivity contribution is -0.384. The van der Waals surface area contributed by atoms with Crippen LogP contribution in [0, 0.1) is 10.1 Å². The third-order valence-electron chi connectivity index (χ3n) is 4.84. The highest BCUT2D eigenvalue weighted by Crippen LogP contribution is 2.32. The van der Waals surface area contributed by atoms with Crippen LogP contribution >= 0.6 is 0 Å². The molecule has 2 aromatic rings. The summed E-state index contributed by atoms with van der Waals surface area (Å²) in [5, 5.41) is 10.9. The van der Waals surface area contributed by atoms with Crippen LogP contribution in [-0.2, 0) is 13.1 Å². The van der Waals surface area contributed by atoms with E-state index >= 15 is 0 Å². The molecular weight excluding hydrogens is 334 g/mol.